The summed E-state index contributed by atoms with van der Waals surface area (Å²) in [7, 11) is 0. The molecule has 0 fully saturated rings. The van der Waals surface area contributed by atoms with Gasteiger partial charge in [-0.25, -0.2) is 0 Å². The van der Waals surface area contributed by atoms with E-state index in [1.165, 1.54) is 0 Å². The molecule has 3 aromatic carbocycles. The molecule has 0 aliphatic heterocycles. The minimum atomic E-state index is -3.08. The smallest absolute Gasteiger partial charge is 0.407 e. The fourth-order valence-corrected chi connectivity index (χ4v) is 4.15. The Bertz CT molecular complexity index is 810. The maximum absolute atomic E-state index is 5.98. The maximum atomic E-state index is 5.98. The number of para-hydroxylation sites is 1. The molecule has 5 heteroatoms. The largest absolute Gasteiger partial charge is 0.490 e. The van der Waals surface area contributed by atoms with Crippen molar-refractivity contribution in [3.63, 3.8) is 0 Å². The van der Waals surface area contributed by atoms with E-state index in [9.17, 15) is 0 Å². The van der Waals surface area contributed by atoms with Gasteiger partial charge in [0.15, 0.2) is 0 Å². The predicted octanol–water partition coefficient (Wildman–Crippen LogP) is 6.06. The van der Waals surface area contributed by atoms with E-state index in [1.807, 2.05) is 92.7 Å². The Balaban J connectivity index is 1.87. The molecule has 3 nitrogen and oxygen atoms in total. The molecule has 0 saturated carbocycles. The van der Waals surface area contributed by atoms with Gasteiger partial charge in [-0.15, -0.1) is 0 Å². The molecule has 0 amide bonds. The summed E-state index contributed by atoms with van der Waals surface area (Å²) in [6.45, 7) is 0.952. The average Bonchev–Trinajstić information content (AvgIpc) is 2.60. The van der Waals surface area contributed by atoms with Crippen molar-refractivity contribution < 1.29 is 13.6 Å². The van der Waals surface area contributed by atoms with E-state index in [4.69, 9.17) is 25.4 Å². The second kappa shape index (κ2) is 7.73. The summed E-state index contributed by atoms with van der Waals surface area (Å²) in [6, 6.07) is 24.6. The Labute approximate surface area is 153 Å². The lowest BCUT2D eigenvalue weighted by molar-refractivity contribution is 0.384. The molecule has 3 rings (SSSR count). The van der Waals surface area contributed by atoms with E-state index < -0.39 is 6.72 Å². The first-order chi connectivity index (χ1) is 12.0. The topological polar surface area (TPSA) is 27.7 Å². The SMILES string of the molecule is Cc1ccc(OP(=S)(Oc2ccccc2)Oc2ccc(C)cc2)cc1. The van der Waals surface area contributed by atoms with Crippen molar-refractivity contribution in [2.75, 3.05) is 0 Å². The molecule has 0 atom stereocenters. The molecule has 0 heterocycles. The Kier molecular flexibility index (Phi) is 5.42. The van der Waals surface area contributed by atoms with Gasteiger partial charge in [0.1, 0.15) is 17.2 Å². The molecule has 0 spiro atoms. The summed E-state index contributed by atoms with van der Waals surface area (Å²) in [5.41, 5.74) is 2.29. The van der Waals surface area contributed by atoms with Crippen LogP contribution in [0.1, 0.15) is 11.1 Å². The number of hydrogen-bond acceptors (Lipinski definition) is 4. The molecule has 25 heavy (non-hydrogen) atoms. The maximum Gasteiger partial charge on any atom is 0.490 e. The molecule has 0 N–H and O–H groups in total. The summed E-state index contributed by atoms with van der Waals surface area (Å²) in [5.74, 6) is 1.86. The molecule has 0 aliphatic rings. The Morgan fingerprint density at radius 2 is 0.920 bits per heavy atom. The Morgan fingerprint density at radius 1 is 0.560 bits per heavy atom. The zero-order valence-corrected chi connectivity index (χ0v) is 15.8. The van der Waals surface area contributed by atoms with Crippen molar-refractivity contribution in [3.05, 3.63) is 90.0 Å². The van der Waals surface area contributed by atoms with Crippen LogP contribution in [0.25, 0.3) is 0 Å². The molecule has 128 valence electrons. The fourth-order valence-electron chi connectivity index (χ4n) is 2.12. The van der Waals surface area contributed by atoms with Gasteiger partial charge in [-0.1, -0.05) is 53.6 Å². The summed E-state index contributed by atoms with van der Waals surface area (Å²) in [4.78, 5) is 0. The van der Waals surface area contributed by atoms with Gasteiger partial charge in [0, 0.05) is 11.8 Å². The third-order valence-electron chi connectivity index (χ3n) is 3.44. The highest BCUT2D eigenvalue weighted by Crippen LogP contribution is 2.50. The van der Waals surface area contributed by atoms with Crippen molar-refractivity contribution in [2.45, 2.75) is 13.8 Å². The number of aryl methyl sites for hydroxylation is 2. The molecular weight excluding hydrogens is 351 g/mol. The van der Waals surface area contributed by atoms with Crippen LogP contribution in [0.2, 0.25) is 0 Å². The third kappa shape index (κ3) is 5.09. The second-order valence-corrected chi connectivity index (χ2v) is 8.44. The first-order valence-electron chi connectivity index (χ1n) is 7.90. The number of rotatable bonds is 6. The van der Waals surface area contributed by atoms with Crippen LogP contribution in [0.3, 0.4) is 0 Å². The van der Waals surface area contributed by atoms with Gasteiger partial charge < -0.3 is 13.6 Å². The zero-order chi connectivity index (χ0) is 17.7. The third-order valence-corrected chi connectivity index (χ3v) is 5.41. The van der Waals surface area contributed by atoms with Crippen molar-refractivity contribution in [3.8, 4) is 17.2 Å². The van der Waals surface area contributed by atoms with Gasteiger partial charge in [0.05, 0.1) is 0 Å². The summed E-state index contributed by atoms with van der Waals surface area (Å²) < 4.78 is 17.9. The average molecular weight is 370 g/mol. The highest BCUT2D eigenvalue weighted by atomic mass is 32.5. The number of hydrogen-bond donors (Lipinski definition) is 0. The molecular formula is C20H19O3PS. The van der Waals surface area contributed by atoms with Gasteiger partial charge in [-0.05, 0) is 50.2 Å². The highest BCUT2D eigenvalue weighted by Gasteiger charge is 2.26. The normalized spacial score (nSPS) is 11.0. The molecule has 3 aromatic rings. The van der Waals surface area contributed by atoms with Crippen molar-refractivity contribution in [1.29, 1.82) is 0 Å². The zero-order valence-electron chi connectivity index (χ0n) is 14.1. The predicted molar refractivity (Wildman–Crippen MR) is 105 cm³/mol. The fraction of sp³-hybridized carbons (Fsp3) is 0.100. The molecule has 0 saturated heterocycles. The standard InChI is InChI=1S/C20H19O3PS/c1-16-8-12-19(13-9-16)22-24(25,21-18-6-4-3-5-7-18)23-20-14-10-17(2)11-15-20/h3-15H,1-2H3. The molecule has 0 aliphatic carbocycles. The van der Waals surface area contributed by atoms with Crippen LogP contribution in [0.4, 0.5) is 0 Å². The van der Waals surface area contributed by atoms with Gasteiger partial charge in [0.25, 0.3) is 0 Å². The van der Waals surface area contributed by atoms with Crippen LogP contribution in [0.15, 0.2) is 78.9 Å². The van der Waals surface area contributed by atoms with E-state index in [-0.39, 0.29) is 0 Å². The van der Waals surface area contributed by atoms with Gasteiger partial charge in [0.2, 0.25) is 0 Å². The van der Waals surface area contributed by atoms with Crippen molar-refractivity contribution in [2.24, 2.45) is 0 Å². The Morgan fingerprint density at radius 3 is 1.32 bits per heavy atom. The molecule has 0 radical (unpaired) electrons. The summed E-state index contributed by atoms with van der Waals surface area (Å²) >= 11 is 5.66. The first kappa shape index (κ1) is 17.5. The van der Waals surface area contributed by atoms with E-state index >= 15 is 0 Å². The van der Waals surface area contributed by atoms with Crippen LogP contribution < -0.4 is 13.6 Å². The van der Waals surface area contributed by atoms with Crippen LogP contribution in [-0.4, -0.2) is 0 Å². The quantitative estimate of drug-likeness (QED) is 0.493. The van der Waals surface area contributed by atoms with Gasteiger partial charge >= 0.3 is 6.72 Å². The van der Waals surface area contributed by atoms with E-state index in [0.717, 1.165) is 11.1 Å². The van der Waals surface area contributed by atoms with Crippen LogP contribution >= 0.6 is 6.72 Å². The van der Waals surface area contributed by atoms with Crippen LogP contribution in [0, 0.1) is 13.8 Å². The van der Waals surface area contributed by atoms with E-state index in [2.05, 4.69) is 0 Å². The van der Waals surface area contributed by atoms with E-state index in [1.54, 1.807) is 0 Å². The first-order valence-corrected chi connectivity index (χ1v) is 10.5. The number of benzene rings is 3. The van der Waals surface area contributed by atoms with Crippen LogP contribution in [0.5, 0.6) is 17.2 Å². The van der Waals surface area contributed by atoms with Gasteiger partial charge in [-0.3, -0.25) is 0 Å². The van der Waals surface area contributed by atoms with Gasteiger partial charge in [-0.2, -0.15) is 0 Å². The lowest BCUT2D eigenvalue weighted by atomic mass is 10.2. The van der Waals surface area contributed by atoms with E-state index in [0.29, 0.717) is 17.2 Å². The lowest BCUT2D eigenvalue weighted by Gasteiger charge is -2.23. The second-order valence-electron chi connectivity index (χ2n) is 5.66. The van der Waals surface area contributed by atoms with Crippen molar-refractivity contribution in [1.82, 2.24) is 0 Å². The Hall–Kier alpha value is -2.29. The minimum Gasteiger partial charge on any atom is -0.407 e. The van der Waals surface area contributed by atoms with Crippen LogP contribution in [-0.2, 0) is 11.8 Å². The summed E-state index contributed by atoms with van der Waals surface area (Å²) in [5, 5.41) is 0. The molecule has 0 bridgehead atoms. The monoisotopic (exact) mass is 370 g/mol. The van der Waals surface area contributed by atoms with Crippen molar-refractivity contribution >= 4 is 18.5 Å². The summed E-state index contributed by atoms with van der Waals surface area (Å²) in [6.07, 6.45) is 0. The lowest BCUT2D eigenvalue weighted by Crippen LogP contribution is -2.07. The molecule has 0 aromatic heterocycles. The molecule has 0 unspecified atom stereocenters. The minimum absolute atomic E-state index is 0.616. The highest BCUT2D eigenvalue weighted by molar-refractivity contribution is 8.08.